The number of nitrogens with one attached hydrogen (secondary N) is 2. The fourth-order valence-electron chi connectivity index (χ4n) is 1.91. The van der Waals surface area contributed by atoms with Gasteiger partial charge < -0.3 is 5.32 Å². The molecular weight excluding hydrogens is 314 g/mol. The largest absolute Gasteiger partial charge is 0.351 e. The van der Waals surface area contributed by atoms with Crippen molar-refractivity contribution in [2.24, 2.45) is 0 Å². The fraction of sp³-hybridized carbons (Fsp3) is 0.250. The maximum atomic E-state index is 12.1. The van der Waals surface area contributed by atoms with Gasteiger partial charge >= 0.3 is 0 Å². The van der Waals surface area contributed by atoms with E-state index in [4.69, 9.17) is 0 Å². The molecule has 0 radical (unpaired) electrons. The normalized spacial score (nSPS) is 11.2. The summed E-state index contributed by atoms with van der Waals surface area (Å²) in [5.74, 6) is -0.400. The van der Waals surface area contributed by atoms with Crippen LogP contribution in [0.25, 0.3) is 0 Å². The van der Waals surface area contributed by atoms with E-state index in [0.717, 1.165) is 17.5 Å². The van der Waals surface area contributed by atoms with Gasteiger partial charge in [0.2, 0.25) is 15.9 Å². The van der Waals surface area contributed by atoms with E-state index in [2.05, 4.69) is 15.0 Å². The predicted octanol–water partition coefficient (Wildman–Crippen LogP) is 1.24. The molecule has 2 rings (SSSR count). The highest BCUT2D eigenvalue weighted by Gasteiger charge is 2.15. The van der Waals surface area contributed by atoms with Crippen LogP contribution in [-0.2, 0) is 27.8 Å². The SMILES string of the molecule is CCc1ccc(S(=O)(=O)NCC(=O)NCc2cccnc2)cc1. The summed E-state index contributed by atoms with van der Waals surface area (Å²) in [5, 5.41) is 2.64. The topological polar surface area (TPSA) is 88.2 Å². The average Bonchev–Trinajstić information content (AvgIpc) is 2.59. The number of rotatable bonds is 7. The van der Waals surface area contributed by atoms with Gasteiger partial charge in [-0.2, -0.15) is 0 Å². The van der Waals surface area contributed by atoms with Gasteiger partial charge in [-0.3, -0.25) is 9.78 Å². The molecule has 0 spiro atoms. The Hall–Kier alpha value is -2.25. The van der Waals surface area contributed by atoms with Gasteiger partial charge in [-0.25, -0.2) is 13.1 Å². The molecule has 0 aliphatic heterocycles. The Balaban J connectivity index is 1.87. The van der Waals surface area contributed by atoms with E-state index in [0.29, 0.717) is 6.54 Å². The van der Waals surface area contributed by atoms with Crippen LogP contribution in [0, 0.1) is 0 Å². The summed E-state index contributed by atoms with van der Waals surface area (Å²) in [6.45, 7) is 1.99. The van der Waals surface area contributed by atoms with E-state index in [9.17, 15) is 13.2 Å². The quantitative estimate of drug-likeness (QED) is 0.798. The second-order valence-corrected chi connectivity index (χ2v) is 6.73. The van der Waals surface area contributed by atoms with Gasteiger partial charge in [0.1, 0.15) is 0 Å². The number of sulfonamides is 1. The maximum absolute atomic E-state index is 12.1. The van der Waals surface area contributed by atoms with Crippen molar-refractivity contribution in [3.8, 4) is 0 Å². The number of hydrogen-bond acceptors (Lipinski definition) is 4. The number of nitrogens with zero attached hydrogens (tertiary/aromatic N) is 1. The number of carbonyl (C=O) groups is 1. The maximum Gasteiger partial charge on any atom is 0.241 e. The summed E-state index contributed by atoms with van der Waals surface area (Å²) < 4.78 is 26.5. The van der Waals surface area contributed by atoms with Crippen LogP contribution >= 0.6 is 0 Å². The zero-order valence-corrected chi connectivity index (χ0v) is 13.6. The third-order valence-electron chi connectivity index (χ3n) is 3.28. The summed E-state index contributed by atoms with van der Waals surface area (Å²) in [7, 11) is -3.69. The highest BCUT2D eigenvalue weighted by atomic mass is 32.2. The molecule has 0 unspecified atom stereocenters. The Morgan fingerprint density at radius 2 is 1.87 bits per heavy atom. The highest BCUT2D eigenvalue weighted by Crippen LogP contribution is 2.10. The minimum Gasteiger partial charge on any atom is -0.351 e. The molecule has 1 aromatic carbocycles. The number of amides is 1. The molecule has 0 fully saturated rings. The van der Waals surface area contributed by atoms with E-state index in [1.807, 2.05) is 13.0 Å². The van der Waals surface area contributed by atoms with E-state index in [1.165, 1.54) is 12.1 Å². The minimum atomic E-state index is -3.69. The van der Waals surface area contributed by atoms with Crippen LogP contribution in [-0.4, -0.2) is 25.9 Å². The Labute approximate surface area is 136 Å². The molecule has 0 aliphatic rings. The van der Waals surface area contributed by atoms with Crippen molar-refractivity contribution in [2.75, 3.05) is 6.54 Å². The van der Waals surface area contributed by atoms with Gasteiger partial charge in [0.05, 0.1) is 11.4 Å². The lowest BCUT2D eigenvalue weighted by atomic mass is 10.2. The van der Waals surface area contributed by atoms with Gasteiger partial charge in [-0.15, -0.1) is 0 Å². The van der Waals surface area contributed by atoms with Crippen LogP contribution in [0.4, 0.5) is 0 Å². The standard InChI is InChI=1S/C16H19N3O3S/c1-2-13-5-7-15(8-6-13)23(21,22)19-12-16(20)18-11-14-4-3-9-17-10-14/h3-10,19H,2,11-12H2,1H3,(H,18,20). The second kappa shape index (κ2) is 7.85. The van der Waals surface area contributed by atoms with Gasteiger partial charge in [-0.1, -0.05) is 25.1 Å². The van der Waals surface area contributed by atoms with Gasteiger partial charge in [0.15, 0.2) is 0 Å². The fourth-order valence-corrected chi connectivity index (χ4v) is 2.90. The monoisotopic (exact) mass is 333 g/mol. The summed E-state index contributed by atoms with van der Waals surface area (Å²) in [5.41, 5.74) is 1.90. The molecule has 0 aliphatic carbocycles. The number of hydrogen-bond donors (Lipinski definition) is 2. The van der Waals surface area contributed by atoms with Crippen molar-refractivity contribution in [3.63, 3.8) is 0 Å². The molecule has 0 bridgehead atoms. The predicted molar refractivity (Wildman–Crippen MR) is 87.1 cm³/mol. The molecule has 23 heavy (non-hydrogen) atoms. The molecule has 1 heterocycles. The van der Waals surface area contributed by atoms with Gasteiger partial charge in [0.25, 0.3) is 0 Å². The van der Waals surface area contributed by atoms with Crippen LogP contribution in [0.5, 0.6) is 0 Å². The first-order valence-electron chi connectivity index (χ1n) is 7.25. The van der Waals surface area contributed by atoms with E-state index in [-0.39, 0.29) is 11.4 Å². The molecule has 7 heteroatoms. The van der Waals surface area contributed by atoms with Crippen molar-refractivity contribution in [1.29, 1.82) is 0 Å². The summed E-state index contributed by atoms with van der Waals surface area (Å²) in [4.78, 5) is 15.8. The molecule has 0 atom stereocenters. The lowest BCUT2D eigenvalue weighted by Gasteiger charge is -2.08. The average molecular weight is 333 g/mol. The minimum absolute atomic E-state index is 0.148. The molecule has 2 N–H and O–H groups in total. The number of benzene rings is 1. The first-order chi connectivity index (χ1) is 11.0. The molecule has 122 valence electrons. The van der Waals surface area contributed by atoms with E-state index in [1.54, 1.807) is 30.6 Å². The van der Waals surface area contributed by atoms with E-state index >= 15 is 0 Å². The van der Waals surface area contributed by atoms with Crippen LogP contribution in [0.1, 0.15) is 18.1 Å². The lowest BCUT2D eigenvalue weighted by molar-refractivity contribution is -0.120. The molecule has 0 saturated carbocycles. The Morgan fingerprint density at radius 3 is 2.48 bits per heavy atom. The molecular formula is C16H19N3O3S. The van der Waals surface area contributed by atoms with Crippen LogP contribution in [0.15, 0.2) is 53.7 Å². The van der Waals surface area contributed by atoms with E-state index < -0.39 is 15.9 Å². The van der Waals surface area contributed by atoms with Gasteiger partial charge in [-0.05, 0) is 35.7 Å². The number of aromatic nitrogens is 1. The van der Waals surface area contributed by atoms with Crippen LogP contribution < -0.4 is 10.0 Å². The summed E-state index contributed by atoms with van der Waals surface area (Å²) in [6, 6.07) is 10.2. The first kappa shape index (κ1) is 17.1. The van der Waals surface area contributed by atoms with Crippen molar-refractivity contribution in [3.05, 3.63) is 59.9 Å². The molecule has 6 nitrogen and oxygen atoms in total. The zero-order valence-electron chi connectivity index (χ0n) is 12.8. The number of pyridine rings is 1. The molecule has 0 saturated heterocycles. The summed E-state index contributed by atoms with van der Waals surface area (Å²) in [6.07, 6.45) is 4.12. The van der Waals surface area contributed by atoms with Crippen LogP contribution in [0.2, 0.25) is 0 Å². The highest BCUT2D eigenvalue weighted by molar-refractivity contribution is 7.89. The van der Waals surface area contributed by atoms with Crippen LogP contribution in [0.3, 0.4) is 0 Å². The Kier molecular flexibility index (Phi) is 5.84. The van der Waals surface area contributed by atoms with Crippen molar-refractivity contribution >= 4 is 15.9 Å². The lowest BCUT2D eigenvalue weighted by Crippen LogP contribution is -2.36. The molecule has 2 aromatic rings. The van der Waals surface area contributed by atoms with Gasteiger partial charge in [0, 0.05) is 18.9 Å². The second-order valence-electron chi connectivity index (χ2n) is 4.96. The molecule has 1 amide bonds. The Bertz CT molecular complexity index is 744. The molecule has 1 aromatic heterocycles. The van der Waals surface area contributed by atoms with Crippen molar-refractivity contribution in [2.45, 2.75) is 24.8 Å². The third kappa shape index (κ3) is 5.15. The smallest absolute Gasteiger partial charge is 0.241 e. The van der Waals surface area contributed by atoms with Crippen molar-refractivity contribution in [1.82, 2.24) is 15.0 Å². The summed E-state index contributed by atoms with van der Waals surface area (Å²) >= 11 is 0. The number of carbonyl (C=O) groups excluding carboxylic acids is 1. The first-order valence-corrected chi connectivity index (χ1v) is 8.74. The third-order valence-corrected chi connectivity index (χ3v) is 4.69. The Morgan fingerprint density at radius 1 is 1.13 bits per heavy atom. The number of aryl methyl sites for hydroxylation is 1. The zero-order chi connectivity index (χ0) is 16.7. The van der Waals surface area contributed by atoms with Crippen molar-refractivity contribution < 1.29 is 13.2 Å².